The second-order valence-electron chi connectivity index (χ2n) is 5.21. The summed E-state index contributed by atoms with van der Waals surface area (Å²) >= 11 is 0. The highest BCUT2D eigenvalue weighted by Crippen LogP contribution is 2.27. The van der Waals surface area contributed by atoms with Crippen LogP contribution in [0.15, 0.2) is 18.2 Å². The quantitative estimate of drug-likeness (QED) is 0.806. The molecular weight excluding hydrogens is 268 g/mol. The molecule has 0 aliphatic carbocycles. The predicted octanol–water partition coefficient (Wildman–Crippen LogP) is 2.68. The van der Waals surface area contributed by atoms with Crippen LogP contribution in [0.1, 0.15) is 41.5 Å². The molecule has 21 heavy (non-hydrogen) atoms. The number of carbonyl (C=O) groups excluding carboxylic acids is 1. The number of nitrogens with two attached hydrogens (primary N) is 1. The van der Waals surface area contributed by atoms with Gasteiger partial charge in [0, 0.05) is 0 Å². The summed E-state index contributed by atoms with van der Waals surface area (Å²) in [5, 5.41) is 9.59. The molecule has 4 N–H and O–H groups in total. The molecule has 0 bridgehead atoms. The average Bonchev–Trinajstić information content (AvgIpc) is 2.82. The summed E-state index contributed by atoms with van der Waals surface area (Å²) in [5.74, 6) is 0.410. The van der Waals surface area contributed by atoms with Crippen LogP contribution in [0.4, 0.5) is 11.4 Å². The van der Waals surface area contributed by atoms with Gasteiger partial charge in [-0.15, -0.1) is 0 Å². The fourth-order valence-electron chi connectivity index (χ4n) is 2.06. The lowest BCUT2D eigenvalue weighted by Crippen LogP contribution is -2.15. The number of hydrogen-bond donors (Lipinski definition) is 3. The standard InChI is InChI=1S/C15H20N4O2/c1-8(2)13-12(16)14(19-18-13)15(20)17-10-6-5-9(3)7-11(10)21-4/h5-8H,16H2,1-4H3,(H,17,20)(H,18,19). The number of aromatic nitrogens is 2. The Bertz CT molecular complexity index is 662. The molecule has 1 aromatic heterocycles. The van der Waals surface area contributed by atoms with Gasteiger partial charge in [0.2, 0.25) is 0 Å². The van der Waals surface area contributed by atoms with Gasteiger partial charge in [0.1, 0.15) is 5.75 Å². The zero-order valence-electron chi connectivity index (χ0n) is 12.7. The third-order valence-electron chi connectivity index (χ3n) is 3.23. The molecule has 0 atom stereocenters. The number of carbonyl (C=O) groups is 1. The summed E-state index contributed by atoms with van der Waals surface area (Å²) in [6.07, 6.45) is 0. The maximum absolute atomic E-state index is 12.3. The van der Waals surface area contributed by atoms with Gasteiger partial charge in [0.25, 0.3) is 5.91 Å². The van der Waals surface area contributed by atoms with Crippen molar-refractivity contribution in [3.63, 3.8) is 0 Å². The summed E-state index contributed by atoms with van der Waals surface area (Å²) in [6.45, 7) is 5.91. The molecule has 1 aromatic carbocycles. The van der Waals surface area contributed by atoms with Gasteiger partial charge in [-0.2, -0.15) is 5.10 Å². The molecule has 0 saturated heterocycles. The van der Waals surface area contributed by atoms with E-state index in [0.29, 0.717) is 17.1 Å². The molecule has 0 radical (unpaired) electrons. The van der Waals surface area contributed by atoms with Crippen LogP contribution < -0.4 is 15.8 Å². The molecule has 2 aromatic rings. The molecule has 1 heterocycles. The molecule has 112 valence electrons. The van der Waals surface area contributed by atoms with Crippen LogP contribution in [0.2, 0.25) is 0 Å². The number of ether oxygens (including phenoxy) is 1. The lowest BCUT2D eigenvalue weighted by atomic mass is 10.1. The van der Waals surface area contributed by atoms with Crippen LogP contribution in [0, 0.1) is 6.92 Å². The third kappa shape index (κ3) is 2.99. The van der Waals surface area contributed by atoms with E-state index in [1.165, 1.54) is 0 Å². The van der Waals surface area contributed by atoms with Crippen molar-refractivity contribution >= 4 is 17.3 Å². The Balaban J connectivity index is 2.26. The van der Waals surface area contributed by atoms with E-state index in [-0.39, 0.29) is 17.5 Å². The number of nitrogen functional groups attached to an aromatic ring is 1. The normalized spacial score (nSPS) is 10.7. The maximum Gasteiger partial charge on any atom is 0.278 e. The van der Waals surface area contributed by atoms with Crippen molar-refractivity contribution in [2.75, 3.05) is 18.2 Å². The van der Waals surface area contributed by atoms with Crippen molar-refractivity contribution in [2.45, 2.75) is 26.7 Å². The van der Waals surface area contributed by atoms with Gasteiger partial charge < -0.3 is 15.8 Å². The van der Waals surface area contributed by atoms with Gasteiger partial charge in [0.15, 0.2) is 5.69 Å². The van der Waals surface area contributed by atoms with E-state index < -0.39 is 0 Å². The van der Waals surface area contributed by atoms with Crippen molar-refractivity contribution < 1.29 is 9.53 Å². The summed E-state index contributed by atoms with van der Waals surface area (Å²) in [6, 6.07) is 5.53. The van der Waals surface area contributed by atoms with Crippen LogP contribution in [0.5, 0.6) is 5.75 Å². The number of nitrogens with one attached hydrogen (secondary N) is 2. The van der Waals surface area contributed by atoms with Gasteiger partial charge in [-0.05, 0) is 30.5 Å². The van der Waals surface area contributed by atoms with Crippen molar-refractivity contribution in [2.24, 2.45) is 0 Å². The number of nitrogens with zero attached hydrogens (tertiary/aromatic N) is 1. The van der Waals surface area contributed by atoms with E-state index >= 15 is 0 Å². The highest BCUT2D eigenvalue weighted by molar-refractivity contribution is 6.07. The molecule has 1 amide bonds. The van der Waals surface area contributed by atoms with Gasteiger partial charge in [-0.25, -0.2) is 0 Å². The zero-order valence-corrected chi connectivity index (χ0v) is 12.7. The SMILES string of the molecule is COc1cc(C)ccc1NC(=O)c1n[nH]c(C(C)C)c1N. The summed E-state index contributed by atoms with van der Waals surface area (Å²) in [4.78, 5) is 12.3. The Hall–Kier alpha value is -2.50. The monoisotopic (exact) mass is 288 g/mol. The second-order valence-corrected chi connectivity index (χ2v) is 5.21. The molecular formula is C15H20N4O2. The summed E-state index contributed by atoms with van der Waals surface area (Å²) in [7, 11) is 1.56. The lowest BCUT2D eigenvalue weighted by Gasteiger charge is -2.10. The van der Waals surface area contributed by atoms with E-state index in [1.807, 2.05) is 32.9 Å². The fraction of sp³-hybridized carbons (Fsp3) is 0.333. The van der Waals surface area contributed by atoms with Crippen LogP contribution in [-0.2, 0) is 0 Å². The van der Waals surface area contributed by atoms with Crippen LogP contribution in [0.3, 0.4) is 0 Å². The number of anilines is 2. The highest BCUT2D eigenvalue weighted by Gasteiger charge is 2.19. The second kappa shape index (κ2) is 5.87. The maximum atomic E-state index is 12.3. The first-order valence-corrected chi connectivity index (χ1v) is 6.73. The zero-order chi connectivity index (χ0) is 15.6. The number of aromatic amines is 1. The Labute approximate surface area is 123 Å². The number of rotatable bonds is 4. The number of amides is 1. The molecule has 0 aliphatic heterocycles. The highest BCUT2D eigenvalue weighted by atomic mass is 16.5. The Kier molecular flexibility index (Phi) is 4.16. The Morgan fingerprint density at radius 3 is 2.71 bits per heavy atom. The van der Waals surface area contributed by atoms with E-state index in [2.05, 4.69) is 15.5 Å². The minimum Gasteiger partial charge on any atom is -0.495 e. The Morgan fingerprint density at radius 1 is 1.43 bits per heavy atom. The summed E-state index contributed by atoms with van der Waals surface area (Å²) < 4.78 is 5.26. The lowest BCUT2D eigenvalue weighted by molar-refractivity contribution is 0.102. The first-order valence-electron chi connectivity index (χ1n) is 6.73. The molecule has 0 aliphatic rings. The molecule has 6 nitrogen and oxygen atoms in total. The number of benzene rings is 1. The molecule has 0 fully saturated rings. The molecule has 6 heteroatoms. The molecule has 0 spiro atoms. The van der Waals surface area contributed by atoms with Gasteiger partial charge in [-0.3, -0.25) is 9.89 Å². The van der Waals surface area contributed by atoms with Gasteiger partial charge in [0.05, 0.1) is 24.2 Å². The van der Waals surface area contributed by atoms with Crippen LogP contribution in [-0.4, -0.2) is 23.2 Å². The van der Waals surface area contributed by atoms with Crippen LogP contribution in [0.25, 0.3) is 0 Å². The molecule has 2 rings (SSSR count). The van der Waals surface area contributed by atoms with Crippen LogP contribution >= 0.6 is 0 Å². The molecule has 0 saturated carbocycles. The van der Waals surface area contributed by atoms with Gasteiger partial charge >= 0.3 is 0 Å². The van der Waals surface area contributed by atoms with Crippen molar-refractivity contribution in [1.29, 1.82) is 0 Å². The summed E-state index contributed by atoms with van der Waals surface area (Å²) in [5.41, 5.74) is 8.94. The van der Waals surface area contributed by atoms with Gasteiger partial charge in [-0.1, -0.05) is 19.9 Å². The largest absolute Gasteiger partial charge is 0.495 e. The fourth-order valence-corrected chi connectivity index (χ4v) is 2.06. The van der Waals surface area contributed by atoms with E-state index in [4.69, 9.17) is 10.5 Å². The van der Waals surface area contributed by atoms with E-state index in [1.54, 1.807) is 13.2 Å². The topological polar surface area (TPSA) is 93.0 Å². The minimum atomic E-state index is -0.363. The first kappa shape index (κ1) is 14.9. The first-order chi connectivity index (χ1) is 9.93. The van der Waals surface area contributed by atoms with E-state index in [9.17, 15) is 4.79 Å². The number of hydrogen-bond acceptors (Lipinski definition) is 4. The Morgan fingerprint density at radius 2 is 2.14 bits per heavy atom. The molecule has 0 unspecified atom stereocenters. The number of H-pyrrole nitrogens is 1. The third-order valence-corrected chi connectivity index (χ3v) is 3.23. The van der Waals surface area contributed by atoms with Crippen molar-refractivity contribution in [1.82, 2.24) is 10.2 Å². The number of methoxy groups -OCH3 is 1. The number of aryl methyl sites for hydroxylation is 1. The minimum absolute atomic E-state index is 0.174. The van der Waals surface area contributed by atoms with Crippen molar-refractivity contribution in [3.8, 4) is 5.75 Å². The average molecular weight is 288 g/mol. The van der Waals surface area contributed by atoms with E-state index in [0.717, 1.165) is 11.3 Å². The van der Waals surface area contributed by atoms with Crippen molar-refractivity contribution in [3.05, 3.63) is 35.2 Å². The smallest absolute Gasteiger partial charge is 0.278 e. The predicted molar refractivity (Wildman–Crippen MR) is 82.8 cm³/mol.